The molecule has 5 heteroatoms. The maximum absolute atomic E-state index is 11.3. The Balaban J connectivity index is 2.79. The summed E-state index contributed by atoms with van der Waals surface area (Å²) in [6.45, 7) is 9.28. The van der Waals surface area contributed by atoms with Crippen molar-refractivity contribution in [2.75, 3.05) is 23.9 Å². The second kappa shape index (κ2) is 6.19. The number of imidazole rings is 1. The summed E-state index contributed by atoms with van der Waals surface area (Å²) in [7, 11) is -0.784. The van der Waals surface area contributed by atoms with Gasteiger partial charge in [-0.25, -0.2) is 4.98 Å². The predicted octanol–water partition coefficient (Wildman–Crippen LogP) is 2.20. The van der Waals surface area contributed by atoms with Crippen molar-refractivity contribution in [1.82, 2.24) is 9.55 Å². The third kappa shape index (κ3) is 4.50. The normalized spacial score (nSPS) is 14.9. The first-order chi connectivity index (χ1) is 7.90. The molecule has 0 spiro atoms. The molecular weight excluding hydrogens is 234 g/mol. The highest BCUT2D eigenvalue weighted by Gasteiger charge is 2.13. The number of rotatable bonds is 6. The van der Waals surface area contributed by atoms with E-state index in [9.17, 15) is 4.21 Å². The summed E-state index contributed by atoms with van der Waals surface area (Å²) in [5, 5.41) is 3.34. The second-order valence-corrected chi connectivity index (χ2v) is 6.46. The summed E-state index contributed by atoms with van der Waals surface area (Å²) in [5.74, 6) is 2.12. The quantitative estimate of drug-likeness (QED) is 0.850. The van der Waals surface area contributed by atoms with Crippen LogP contribution in [0.3, 0.4) is 0 Å². The van der Waals surface area contributed by atoms with Gasteiger partial charge in [-0.15, -0.1) is 0 Å². The fourth-order valence-corrected chi connectivity index (χ4v) is 2.54. The number of anilines is 1. The van der Waals surface area contributed by atoms with E-state index >= 15 is 0 Å². The zero-order valence-corrected chi connectivity index (χ0v) is 12.2. The molecule has 0 radical (unpaired) electrons. The Labute approximate surface area is 106 Å². The summed E-state index contributed by atoms with van der Waals surface area (Å²) < 4.78 is 13.4. The Kier molecular flexibility index (Phi) is 5.18. The van der Waals surface area contributed by atoms with Crippen molar-refractivity contribution in [2.24, 2.45) is 5.92 Å². The first kappa shape index (κ1) is 14.2. The standard InChI is InChI=1S/C12H23N3OS/c1-9(2)6-13-12-14-10(3)7-15(12)11(4)8-17(5)16/h7,9,11H,6,8H2,1-5H3,(H,13,14). The minimum atomic E-state index is -0.784. The van der Waals surface area contributed by atoms with Gasteiger partial charge in [-0.3, -0.25) is 4.21 Å². The van der Waals surface area contributed by atoms with Gasteiger partial charge in [0.05, 0.1) is 5.69 Å². The zero-order valence-electron chi connectivity index (χ0n) is 11.4. The molecule has 0 bridgehead atoms. The van der Waals surface area contributed by atoms with Crippen LogP contribution >= 0.6 is 0 Å². The highest BCUT2D eigenvalue weighted by Crippen LogP contribution is 2.17. The molecule has 0 aliphatic heterocycles. The van der Waals surface area contributed by atoms with E-state index in [2.05, 4.69) is 35.6 Å². The van der Waals surface area contributed by atoms with E-state index in [4.69, 9.17) is 0 Å². The number of nitrogens with zero attached hydrogens (tertiary/aromatic N) is 2. The van der Waals surface area contributed by atoms with E-state index in [1.165, 1.54) is 0 Å². The van der Waals surface area contributed by atoms with E-state index in [0.717, 1.165) is 18.2 Å². The smallest absolute Gasteiger partial charge is 0.203 e. The Morgan fingerprint density at radius 2 is 2.12 bits per heavy atom. The van der Waals surface area contributed by atoms with Crippen molar-refractivity contribution in [2.45, 2.75) is 33.7 Å². The van der Waals surface area contributed by atoms with Crippen LogP contribution in [0.2, 0.25) is 0 Å². The van der Waals surface area contributed by atoms with E-state index in [-0.39, 0.29) is 6.04 Å². The van der Waals surface area contributed by atoms with Crippen LogP contribution in [-0.4, -0.2) is 32.3 Å². The summed E-state index contributed by atoms with van der Waals surface area (Å²) in [6, 6.07) is 0.205. The molecular formula is C12H23N3OS. The van der Waals surface area contributed by atoms with Crippen molar-refractivity contribution in [3.8, 4) is 0 Å². The Bertz CT molecular complexity index is 387. The fraction of sp³-hybridized carbons (Fsp3) is 0.750. The molecule has 0 aromatic carbocycles. The summed E-state index contributed by atoms with van der Waals surface area (Å²) in [6.07, 6.45) is 3.75. The van der Waals surface area contributed by atoms with Gasteiger partial charge in [0.15, 0.2) is 0 Å². The van der Waals surface area contributed by atoms with Gasteiger partial charge in [0, 0.05) is 41.6 Å². The minimum absolute atomic E-state index is 0.205. The van der Waals surface area contributed by atoms with Crippen LogP contribution in [0.15, 0.2) is 6.20 Å². The van der Waals surface area contributed by atoms with Gasteiger partial charge < -0.3 is 9.88 Å². The lowest BCUT2D eigenvalue weighted by atomic mass is 10.2. The first-order valence-corrected chi connectivity index (χ1v) is 7.72. The van der Waals surface area contributed by atoms with Crippen molar-refractivity contribution < 1.29 is 4.21 Å². The third-order valence-electron chi connectivity index (χ3n) is 2.47. The van der Waals surface area contributed by atoms with E-state index in [1.807, 2.05) is 13.1 Å². The predicted molar refractivity (Wildman–Crippen MR) is 73.9 cm³/mol. The van der Waals surface area contributed by atoms with Gasteiger partial charge in [-0.2, -0.15) is 0 Å². The van der Waals surface area contributed by atoms with Crippen LogP contribution in [-0.2, 0) is 10.8 Å². The van der Waals surface area contributed by atoms with Crippen LogP contribution < -0.4 is 5.32 Å². The Morgan fingerprint density at radius 3 is 2.65 bits per heavy atom. The van der Waals surface area contributed by atoms with Crippen LogP contribution in [0, 0.1) is 12.8 Å². The number of nitrogens with one attached hydrogen (secondary N) is 1. The van der Waals surface area contributed by atoms with Gasteiger partial charge in [-0.05, 0) is 19.8 Å². The average Bonchev–Trinajstić information content (AvgIpc) is 2.55. The fourth-order valence-electron chi connectivity index (χ4n) is 1.70. The molecule has 0 saturated heterocycles. The third-order valence-corrected chi connectivity index (χ3v) is 3.42. The lowest BCUT2D eigenvalue weighted by Crippen LogP contribution is -2.17. The highest BCUT2D eigenvalue weighted by atomic mass is 32.2. The van der Waals surface area contributed by atoms with Gasteiger partial charge in [0.1, 0.15) is 0 Å². The largest absolute Gasteiger partial charge is 0.355 e. The molecule has 0 aliphatic rings. The summed E-state index contributed by atoms with van der Waals surface area (Å²) >= 11 is 0. The molecule has 0 amide bonds. The molecule has 1 aromatic heterocycles. The number of hydrogen-bond acceptors (Lipinski definition) is 3. The molecule has 1 N–H and O–H groups in total. The van der Waals surface area contributed by atoms with Crippen LogP contribution in [0.4, 0.5) is 5.95 Å². The molecule has 0 saturated carbocycles. The SMILES string of the molecule is Cc1cn(C(C)CS(C)=O)c(NCC(C)C)n1. The summed E-state index contributed by atoms with van der Waals surface area (Å²) in [4.78, 5) is 4.46. The second-order valence-electron chi connectivity index (χ2n) is 4.98. The van der Waals surface area contributed by atoms with E-state index < -0.39 is 10.8 Å². The highest BCUT2D eigenvalue weighted by molar-refractivity contribution is 7.84. The monoisotopic (exact) mass is 257 g/mol. The van der Waals surface area contributed by atoms with Crippen molar-refractivity contribution in [1.29, 1.82) is 0 Å². The number of aromatic nitrogens is 2. The minimum Gasteiger partial charge on any atom is -0.355 e. The zero-order chi connectivity index (χ0) is 13.0. The molecule has 98 valence electrons. The topological polar surface area (TPSA) is 46.9 Å². The Morgan fingerprint density at radius 1 is 1.47 bits per heavy atom. The molecule has 1 aromatic rings. The van der Waals surface area contributed by atoms with Crippen molar-refractivity contribution >= 4 is 16.7 Å². The maximum Gasteiger partial charge on any atom is 0.203 e. The Hall–Kier alpha value is -0.840. The number of hydrogen-bond donors (Lipinski definition) is 1. The lowest BCUT2D eigenvalue weighted by Gasteiger charge is -2.16. The maximum atomic E-state index is 11.3. The molecule has 2 unspecified atom stereocenters. The van der Waals surface area contributed by atoms with Crippen molar-refractivity contribution in [3.05, 3.63) is 11.9 Å². The first-order valence-electron chi connectivity index (χ1n) is 5.99. The average molecular weight is 257 g/mol. The number of aryl methyl sites for hydroxylation is 1. The van der Waals surface area contributed by atoms with Crippen LogP contribution in [0.25, 0.3) is 0 Å². The molecule has 17 heavy (non-hydrogen) atoms. The van der Waals surface area contributed by atoms with Gasteiger partial charge in [-0.1, -0.05) is 13.8 Å². The van der Waals surface area contributed by atoms with Gasteiger partial charge >= 0.3 is 0 Å². The van der Waals surface area contributed by atoms with E-state index in [0.29, 0.717) is 11.7 Å². The summed E-state index contributed by atoms with van der Waals surface area (Å²) in [5.41, 5.74) is 0.991. The molecule has 0 fully saturated rings. The van der Waals surface area contributed by atoms with Crippen LogP contribution in [0.5, 0.6) is 0 Å². The van der Waals surface area contributed by atoms with Crippen molar-refractivity contribution in [3.63, 3.8) is 0 Å². The molecule has 0 aliphatic carbocycles. The van der Waals surface area contributed by atoms with E-state index in [1.54, 1.807) is 6.26 Å². The molecule has 2 atom stereocenters. The van der Waals surface area contributed by atoms with Gasteiger partial charge in [0.25, 0.3) is 0 Å². The lowest BCUT2D eigenvalue weighted by molar-refractivity contribution is 0.594. The molecule has 4 nitrogen and oxygen atoms in total. The van der Waals surface area contributed by atoms with Gasteiger partial charge in [0.2, 0.25) is 5.95 Å². The van der Waals surface area contributed by atoms with Crippen LogP contribution in [0.1, 0.15) is 32.5 Å². The molecule has 1 heterocycles. The molecule has 1 rings (SSSR count).